The minimum Gasteiger partial charge on any atom is -0.361 e. The predicted molar refractivity (Wildman–Crippen MR) is 102 cm³/mol. The lowest BCUT2D eigenvalue weighted by atomic mass is 10.1. The fraction of sp³-hybridized carbons (Fsp3) is 0.579. The van der Waals surface area contributed by atoms with Gasteiger partial charge in [-0.15, -0.1) is 0 Å². The van der Waals surface area contributed by atoms with Crippen LogP contribution in [0.4, 0.5) is 11.8 Å². The van der Waals surface area contributed by atoms with E-state index in [0.29, 0.717) is 37.6 Å². The first-order valence-corrected chi connectivity index (χ1v) is 9.68. The Kier molecular flexibility index (Phi) is 4.96. The van der Waals surface area contributed by atoms with Gasteiger partial charge >= 0.3 is 0 Å². The van der Waals surface area contributed by atoms with Crippen LogP contribution in [0.15, 0.2) is 16.7 Å². The van der Waals surface area contributed by atoms with Crippen LogP contribution in [0.1, 0.15) is 41.2 Å². The van der Waals surface area contributed by atoms with Gasteiger partial charge in [-0.25, -0.2) is 4.98 Å². The first-order chi connectivity index (χ1) is 13.1. The van der Waals surface area contributed by atoms with Crippen LogP contribution in [-0.4, -0.2) is 65.2 Å². The van der Waals surface area contributed by atoms with Crippen LogP contribution >= 0.6 is 0 Å². The topological polar surface area (TPSA) is 78.6 Å². The molecule has 2 aromatic rings. The minimum atomic E-state index is -0.0781. The summed E-state index contributed by atoms with van der Waals surface area (Å²) in [6.45, 7) is 8.62. The summed E-state index contributed by atoms with van der Waals surface area (Å²) in [5.41, 5.74) is 1.36. The van der Waals surface area contributed by atoms with E-state index in [1.807, 2.05) is 11.8 Å². The minimum absolute atomic E-state index is 0.0781. The molecule has 0 saturated carbocycles. The fourth-order valence-corrected chi connectivity index (χ4v) is 3.70. The van der Waals surface area contributed by atoms with Crippen LogP contribution < -0.4 is 9.80 Å². The molecule has 1 amide bonds. The molecular weight excluding hydrogens is 344 g/mol. The van der Waals surface area contributed by atoms with Gasteiger partial charge < -0.3 is 19.2 Å². The van der Waals surface area contributed by atoms with Gasteiger partial charge in [0.05, 0.1) is 0 Å². The first kappa shape index (κ1) is 17.8. The third kappa shape index (κ3) is 3.89. The summed E-state index contributed by atoms with van der Waals surface area (Å²) in [6, 6.07) is 3.75. The maximum Gasteiger partial charge on any atom is 0.276 e. The highest BCUT2D eigenvalue weighted by molar-refractivity contribution is 5.92. The number of piperazine rings is 1. The highest BCUT2D eigenvalue weighted by Gasteiger charge is 2.26. The summed E-state index contributed by atoms with van der Waals surface area (Å²) in [4.78, 5) is 28.3. The van der Waals surface area contributed by atoms with Gasteiger partial charge in [0.25, 0.3) is 5.91 Å². The maximum absolute atomic E-state index is 12.5. The molecule has 144 valence electrons. The Morgan fingerprint density at radius 3 is 2.33 bits per heavy atom. The largest absolute Gasteiger partial charge is 0.361 e. The van der Waals surface area contributed by atoms with Crippen LogP contribution in [-0.2, 0) is 0 Å². The molecule has 27 heavy (non-hydrogen) atoms. The number of anilines is 2. The smallest absolute Gasteiger partial charge is 0.276 e. The average Bonchev–Trinajstić information content (AvgIpc) is 3.14. The molecule has 4 rings (SSSR count). The lowest BCUT2D eigenvalue weighted by Gasteiger charge is -2.35. The second-order valence-corrected chi connectivity index (χ2v) is 7.32. The average molecular weight is 370 g/mol. The third-order valence-electron chi connectivity index (χ3n) is 5.21. The standard InChI is InChI=1S/C19H26N6O2/c1-14-12-17(23-6-4-3-5-7-23)21-19(20-14)25-10-8-24(9-11-25)18(26)16-13-15(2)27-22-16/h12-13H,3-11H2,1-2H3. The number of amides is 1. The Balaban J connectivity index is 1.43. The van der Waals surface area contributed by atoms with Crippen molar-refractivity contribution in [1.29, 1.82) is 0 Å². The van der Waals surface area contributed by atoms with Gasteiger partial charge in [-0.05, 0) is 33.1 Å². The fourth-order valence-electron chi connectivity index (χ4n) is 3.70. The second kappa shape index (κ2) is 7.54. The molecule has 2 aromatic heterocycles. The number of carbonyl (C=O) groups is 1. The number of hydrogen-bond donors (Lipinski definition) is 0. The number of aryl methyl sites for hydroxylation is 2. The summed E-state index contributed by atoms with van der Waals surface area (Å²) >= 11 is 0. The van der Waals surface area contributed by atoms with E-state index in [1.54, 1.807) is 13.0 Å². The summed E-state index contributed by atoms with van der Waals surface area (Å²) in [7, 11) is 0. The van der Waals surface area contributed by atoms with E-state index in [1.165, 1.54) is 19.3 Å². The van der Waals surface area contributed by atoms with E-state index < -0.39 is 0 Å². The van der Waals surface area contributed by atoms with Crippen molar-refractivity contribution in [2.24, 2.45) is 0 Å². The van der Waals surface area contributed by atoms with Gasteiger partial charge in [-0.1, -0.05) is 5.16 Å². The van der Waals surface area contributed by atoms with Crippen molar-refractivity contribution in [3.63, 3.8) is 0 Å². The molecule has 8 heteroatoms. The van der Waals surface area contributed by atoms with Gasteiger partial charge in [-0.3, -0.25) is 4.79 Å². The first-order valence-electron chi connectivity index (χ1n) is 9.68. The third-order valence-corrected chi connectivity index (χ3v) is 5.21. The van der Waals surface area contributed by atoms with Gasteiger partial charge in [0.1, 0.15) is 11.6 Å². The van der Waals surface area contributed by atoms with Gasteiger partial charge in [0.15, 0.2) is 5.69 Å². The van der Waals surface area contributed by atoms with Crippen molar-refractivity contribution in [2.75, 3.05) is 49.1 Å². The molecular formula is C19H26N6O2. The number of nitrogens with zero attached hydrogens (tertiary/aromatic N) is 6. The zero-order chi connectivity index (χ0) is 18.8. The Bertz CT molecular complexity index is 806. The van der Waals surface area contributed by atoms with Crippen molar-refractivity contribution in [2.45, 2.75) is 33.1 Å². The van der Waals surface area contributed by atoms with Crippen LogP contribution in [0.5, 0.6) is 0 Å². The van der Waals surface area contributed by atoms with Crippen LogP contribution in [0.2, 0.25) is 0 Å². The van der Waals surface area contributed by atoms with Crippen molar-refractivity contribution in [1.82, 2.24) is 20.0 Å². The lowest BCUT2D eigenvalue weighted by Crippen LogP contribution is -2.49. The van der Waals surface area contributed by atoms with Gasteiger partial charge in [0, 0.05) is 57.1 Å². The molecule has 0 radical (unpaired) electrons. The van der Waals surface area contributed by atoms with Crippen LogP contribution in [0, 0.1) is 13.8 Å². The molecule has 0 atom stereocenters. The van der Waals surface area contributed by atoms with Crippen LogP contribution in [0.25, 0.3) is 0 Å². The molecule has 0 unspecified atom stereocenters. The number of carbonyl (C=O) groups excluding carboxylic acids is 1. The molecule has 0 aliphatic carbocycles. The predicted octanol–water partition coefficient (Wildman–Crippen LogP) is 2.03. The normalized spacial score (nSPS) is 18.1. The molecule has 2 fully saturated rings. The number of rotatable bonds is 3. The Hall–Kier alpha value is -2.64. The molecule has 2 aliphatic rings. The number of aromatic nitrogens is 3. The zero-order valence-electron chi connectivity index (χ0n) is 16.0. The Morgan fingerprint density at radius 2 is 1.67 bits per heavy atom. The van der Waals surface area contributed by atoms with Crippen molar-refractivity contribution < 1.29 is 9.32 Å². The monoisotopic (exact) mass is 370 g/mol. The van der Waals surface area contributed by atoms with Crippen LogP contribution in [0.3, 0.4) is 0 Å². The number of piperidine rings is 1. The van der Waals surface area contributed by atoms with Crippen molar-refractivity contribution in [3.8, 4) is 0 Å². The summed E-state index contributed by atoms with van der Waals surface area (Å²) in [5.74, 6) is 2.36. The molecule has 4 heterocycles. The summed E-state index contributed by atoms with van der Waals surface area (Å²) in [5, 5.41) is 3.83. The van der Waals surface area contributed by atoms with E-state index in [-0.39, 0.29) is 5.91 Å². The molecule has 2 saturated heterocycles. The molecule has 8 nitrogen and oxygen atoms in total. The van der Waals surface area contributed by atoms with E-state index >= 15 is 0 Å². The number of hydrogen-bond acceptors (Lipinski definition) is 7. The quantitative estimate of drug-likeness (QED) is 0.818. The summed E-state index contributed by atoms with van der Waals surface area (Å²) < 4.78 is 5.02. The lowest BCUT2D eigenvalue weighted by molar-refractivity contribution is 0.0735. The zero-order valence-corrected chi connectivity index (χ0v) is 16.0. The second-order valence-electron chi connectivity index (χ2n) is 7.32. The van der Waals surface area contributed by atoms with Gasteiger partial charge in [0.2, 0.25) is 5.95 Å². The Morgan fingerprint density at radius 1 is 0.926 bits per heavy atom. The van der Waals surface area contributed by atoms with E-state index in [2.05, 4.69) is 26.0 Å². The van der Waals surface area contributed by atoms with E-state index in [0.717, 1.165) is 30.5 Å². The van der Waals surface area contributed by atoms with Gasteiger partial charge in [-0.2, -0.15) is 4.98 Å². The van der Waals surface area contributed by atoms with E-state index in [4.69, 9.17) is 9.51 Å². The molecule has 2 aliphatic heterocycles. The summed E-state index contributed by atoms with van der Waals surface area (Å²) in [6.07, 6.45) is 3.75. The van der Waals surface area contributed by atoms with E-state index in [9.17, 15) is 4.79 Å². The molecule has 0 bridgehead atoms. The highest BCUT2D eigenvalue weighted by atomic mass is 16.5. The van der Waals surface area contributed by atoms with Crippen molar-refractivity contribution >= 4 is 17.7 Å². The maximum atomic E-state index is 12.5. The van der Waals surface area contributed by atoms with Crippen molar-refractivity contribution in [3.05, 3.63) is 29.3 Å². The molecule has 0 spiro atoms. The molecule has 0 N–H and O–H groups in total. The molecule has 0 aromatic carbocycles. The highest BCUT2D eigenvalue weighted by Crippen LogP contribution is 2.22. The SMILES string of the molecule is Cc1cc(N2CCCCC2)nc(N2CCN(C(=O)c3cc(C)on3)CC2)n1. The Labute approximate surface area is 159 Å².